The maximum absolute atomic E-state index is 13.0. The molecule has 8 nitrogen and oxygen atoms in total. The van der Waals surface area contributed by atoms with Crippen molar-refractivity contribution in [2.75, 3.05) is 11.9 Å². The number of nitrogens with one attached hydrogen (secondary N) is 2. The minimum absolute atomic E-state index is 0.0717. The van der Waals surface area contributed by atoms with Crippen LogP contribution in [0, 0.1) is 0 Å². The van der Waals surface area contributed by atoms with Crippen LogP contribution in [0.2, 0.25) is 0 Å². The van der Waals surface area contributed by atoms with Crippen molar-refractivity contribution in [2.45, 2.75) is 25.5 Å². The summed E-state index contributed by atoms with van der Waals surface area (Å²) in [5.41, 5.74) is 3.31. The second kappa shape index (κ2) is 10.3. The van der Waals surface area contributed by atoms with E-state index in [2.05, 4.69) is 30.5 Å². The molecule has 3 aromatic rings. The van der Waals surface area contributed by atoms with Gasteiger partial charge >= 0.3 is 18.6 Å². The second-order valence-electron chi connectivity index (χ2n) is 7.81. The van der Waals surface area contributed by atoms with Crippen molar-refractivity contribution >= 4 is 23.8 Å². The highest BCUT2D eigenvalue weighted by molar-refractivity contribution is 5.82. The maximum atomic E-state index is 13.0. The summed E-state index contributed by atoms with van der Waals surface area (Å²) in [6, 6.07) is 8.96. The van der Waals surface area contributed by atoms with E-state index in [0.717, 1.165) is 24.3 Å². The number of amides is 2. The molecule has 1 aliphatic rings. The Balaban J connectivity index is 1.40. The lowest BCUT2D eigenvalue weighted by Crippen LogP contribution is -2.41. The molecule has 0 aliphatic carbocycles. The first-order valence-corrected chi connectivity index (χ1v) is 10.7. The van der Waals surface area contributed by atoms with E-state index in [-0.39, 0.29) is 18.1 Å². The van der Waals surface area contributed by atoms with Crippen molar-refractivity contribution in [3.63, 3.8) is 0 Å². The number of rotatable bonds is 5. The first kappa shape index (κ1) is 25.7. The summed E-state index contributed by atoms with van der Waals surface area (Å²) < 4.78 is 79.6. The van der Waals surface area contributed by atoms with E-state index >= 15 is 0 Å². The first-order valence-electron chi connectivity index (χ1n) is 10.7. The van der Waals surface area contributed by atoms with E-state index in [1.54, 1.807) is 0 Å². The number of hydrogen-bond donors (Lipinski definition) is 2. The molecule has 2 N–H and O–H groups in total. The maximum Gasteiger partial charge on any atom is 0.573 e. The summed E-state index contributed by atoms with van der Waals surface area (Å²) in [7, 11) is 0. The molecule has 194 valence electrons. The number of carbonyl (C=O) groups is 1. The van der Waals surface area contributed by atoms with E-state index < -0.39 is 29.9 Å². The average Bonchev–Trinajstić information content (AvgIpc) is 2.84. The van der Waals surface area contributed by atoms with Gasteiger partial charge in [0.1, 0.15) is 17.9 Å². The standard InChI is InChI=1S/C23H18F6N6O2/c24-22(25,26)15-2-1-3-16(10-15)33-20-18-12-35(9-8-19(18)30-13-31-20)21(36)34-32-11-14-4-6-17(7-5-14)37-23(27,28)29/h1-7,10-11,13H,8-9,12H2,(H,34,36)(H,30,31,33)/b32-11+. The Kier molecular flexibility index (Phi) is 7.18. The molecule has 0 fully saturated rings. The van der Waals surface area contributed by atoms with Gasteiger partial charge in [0.05, 0.1) is 24.0 Å². The number of fused-ring (bicyclic) bond motifs is 1. The van der Waals surface area contributed by atoms with Crippen LogP contribution in [-0.4, -0.2) is 40.0 Å². The van der Waals surface area contributed by atoms with Gasteiger partial charge in [0.2, 0.25) is 0 Å². The van der Waals surface area contributed by atoms with Crippen LogP contribution in [0.25, 0.3) is 0 Å². The van der Waals surface area contributed by atoms with E-state index in [4.69, 9.17) is 0 Å². The van der Waals surface area contributed by atoms with Crippen LogP contribution in [0.15, 0.2) is 60.0 Å². The Morgan fingerprint density at radius 2 is 1.81 bits per heavy atom. The van der Waals surface area contributed by atoms with E-state index in [9.17, 15) is 31.1 Å². The molecule has 2 heterocycles. The summed E-state index contributed by atoms with van der Waals surface area (Å²) in [5, 5.41) is 6.68. The summed E-state index contributed by atoms with van der Waals surface area (Å²) in [6.45, 7) is 0.375. The molecule has 1 aliphatic heterocycles. The molecule has 0 atom stereocenters. The SMILES string of the molecule is O=C(N/N=C/c1ccc(OC(F)(F)F)cc1)N1CCc2ncnc(Nc3cccc(C(F)(F)F)c3)c2C1. The highest BCUT2D eigenvalue weighted by Crippen LogP contribution is 2.32. The van der Waals surface area contributed by atoms with Crippen molar-refractivity contribution in [3.05, 3.63) is 77.2 Å². The Morgan fingerprint density at radius 3 is 2.51 bits per heavy atom. The van der Waals surface area contributed by atoms with Crippen molar-refractivity contribution in [3.8, 4) is 5.75 Å². The number of anilines is 2. The fourth-order valence-electron chi connectivity index (χ4n) is 3.52. The van der Waals surface area contributed by atoms with E-state index in [0.29, 0.717) is 29.8 Å². The lowest BCUT2D eigenvalue weighted by Gasteiger charge is -2.28. The third kappa shape index (κ3) is 6.86. The van der Waals surface area contributed by atoms with Crippen LogP contribution in [0.4, 0.5) is 42.6 Å². The fraction of sp³-hybridized carbons (Fsp3) is 0.217. The third-order valence-corrected chi connectivity index (χ3v) is 5.23. The molecule has 0 saturated heterocycles. The normalized spacial score (nSPS) is 13.8. The molecule has 14 heteroatoms. The van der Waals surface area contributed by atoms with Gasteiger partial charge in [-0.1, -0.05) is 6.07 Å². The third-order valence-electron chi connectivity index (χ3n) is 5.23. The number of ether oxygens (including phenoxy) is 1. The van der Waals surface area contributed by atoms with Crippen LogP contribution in [0.1, 0.15) is 22.4 Å². The fourth-order valence-corrected chi connectivity index (χ4v) is 3.52. The highest BCUT2D eigenvalue weighted by Gasteiger charge is 2.31. The molecule has 0 unspecified atom stereocenters. The summed E-state index contributed by atoms with van der Waals surface area (Å²) in [6.07, 6.45) is -6.38. The van der Waals surface area contributed by atoms with Crippen LogP contribution in [-0.2, 0) is 19.1 Å². The zero-order chi connectivity index (χ0) is 26.6. The topological polar surface area (TPSA) is 91.7 Å². The number of hydrogen-bond acceptors (Lipinski definition) is 6. The Morgan fingerprint density at radius 1 is 1.05 bits per heavy atom. The number of urea groups is 1. The van der Waals surface area contributed by atoms with Gasteiger partial charge in [-0.05, 0) is 48.0 Å². The van der Waals surface area contributed by atoms with Gasteiger partial charge in [0, 0.05) is 24.2 Å². The highest BCUT2D eigenvalue weighted by atomic mass is 19.4. The van der Waals surface area contributed by atoms with Gasteiger partial charge in [-0.2, -0.15) is 18.3 Å². The summed E-state index contributed by atoms with van der Waals surface area (Å²) in [5.74, 6) is -0.121. The van der Waals surface area contributed by atoms with Crippen molar-refractivity contribution in [2.24, 2.45) is 5.10 Å². The number of halogens is 6. The molecular weight excluding hydrogens is 506 g/mol. The number of nitrogens with zero attached hydrogens (tertiary/aromatic N) is 4. The quantitative estimate of drug-likeness (QED) is 0.271. The monoisotopic (exact) mass is 524 g/mol. The van der Waals surface area contributed by atoms with Gasteiger partial charge < -0.3 is 15.0 Å². The molecular formula is C23H18F6N6O2. The minimum Gasteiger partial charge on any atom is -0.406 e. The molecule has 4 rings (SSSR count). The van der Waals surface area contributed by atoms with Crippen LogP contribution < -0.4 is 15.5 Å². The van der Waals surface area contributed by atoms with Crippen LogP contribution in [0.3, 0.4) is 0 Å². The lowest BCUT2D eigenvalue weighted by molar-refractivity contribution is -0.274. The largest absolute Gasteiger partial charge is 0.573 e. The summed E-state index contributed by atoms with van der Waals surface area (Å²) in [4.78, 5) is 22.4. The van der Waals surface area contributed by atoms with Gasteiger partial charge in [-0.25, -0.2) is 20.2 Å². The molecule has 2 aromatic carbocycles. The zero-order valence-corrected chi connectivity index (χ0v) is 18.8. The van der Waals surface area contributed by atoms with Crippen molar-refractivity contribution in [1.82, 2.24) is 20.3 Å². The van der Waals surface area contributed by atoms with Gasteiger partial charge in [-0.15, -0.1) is 13.2 Å². The van der Waals surface area contributed by atoms with E-state index in [1.807, 2.05) is 0 Å². The average molecular weight is 524 g/mol. The Bertz CT molecular complexity index is 1290. The number of alkyl halides is 6. The predicted octanol–water partition coefficient (Wildman–Crippen LogP) is 5.24. The van der Waals surface area contributed by atoms with Crippen LogP contribution >= 0.6 is 0 Å². The number of benzene rings is 2. The molecule has 1 aromatic heterocycles. The molecule has 2 amide bonds. The number of carbonyl (C=O) groups excluding carboxylic acids is 1. The molecule has 0 bridgehead atoms. The number of aromatic nitrogens is 2. The molecule has 0 spiro atoms. The van der Waals surface area contributed by atoms with Gasteiger partial charge in [-0.3, -0.25) is 0 Å². The Hall–Kier alpha value is -4.36. The molecule has 37 heavy (non-hydrogen) atoms. The molecule has 0 radical (unpaired) electrons. The summed E-state index contributed by atoms with van der Waals surface area (Å²) >= 11 is 0. The predicted molar refractivity (Wildman–Crippen MR) is 120 cm³/mol. The molecule has 0 saturated carbocycles. The minimum atomic E-state index is -4.80. The zero-order valence-electron chi connectivity index (χ0n) is 18.8. The number of hydrazone groups is 1. The van der Waals surface area contributed by atoms with Crippen LogP contribution in [0.5, 0.6) is 5.75 Å². The smallest absolute Gasteiger partial charge is 0.406 e. The second-order valence-corrected chi connectivity index (χ2v) is 7.81. The van der Waals surface area contributed by atoms with E-state index in [1.165, 1.54) is 41.7 Å². The van der Waals surface area contributed by atoms with Crippen molar-refractivity contribution < 1.29 is 35.9 Å². The lowest BCUT2D eigenvalue weighted by atomic mass is 10.1. The Labute approximate surface area is 206 Å². The first-order chi connectivity index (χ1) is 17.5. The van der Waals surface area contributed by atoms with Crippen molar-refractivity contribution in [1.29, 1.82) is 0 Å². The van der Waals surface area contributed by atoms with Gasteiger partial charge in [0.25, 0.3) is 0 Å². The van der Waals surface area contributed by atoms with Gasteiger partial charge in [0.15, 0.2) is 0 Å².